The maximum Gasteiger partial charge on any atom is 0.256 e. The molecule has 0 aliphatic carbocycles. The van der Waals surface area contributed by atoms with Gasteiger partial charge in [-0.05, 0) is 40.3 Å². The minimum Gasteiger partial charge on any atom is -0.493 e. The van der Waals surface area contributed by atoms with Crippen LogP contribution in [0.25, 0.3) is 0 Å². The molecule has 0 fully saturated rings. The van der Waals surface area contributed by atoms with Crippen molar-refractivity contribution in [3.05, 3.63) is 69.6 Å². The second kappa shape index (κ2) is 8.22. The van der Waals surface area contributed by atoms with Gasteiger partial charge in [-0.25, -0.2) is 0 Å². The van der Waals surface area contributed by atoms with Crippen molar-refractivity contribution in [1.82, 2.24) is 9.78 Å². The van der Waals surface area contributed by atoms with E-state index in [0.29, 0.717) is 29.3 Å². The normalized spacial score (nSPS) is 10.4. The first kappa shape index (κ1) is 18.2. The summed E-state index contributed by atoms with van der Waals surface area (Å²) in [6, 6.07) is 13.5. The summed E-state index contributed by atoms with van der Waals surface area (Å²) >= 11 is 2.10. The third-order valence-electron chi connectivity index (χ3n) is 3.80. The molecule has 0 spiro atoms. The van der Waals surface area contributed by atoms with Crippen LogP contribution in [0.15, 0.2) is 54.9 Å². The molecule has 3 aromatic rings. The Labute approximate surface area is 165 Å². The zero-order chi connectivity index (χ0) is 18.5. The van der Waals surface area contributed by atoms with Crippen LogP contribution in [0, 0.1) is 3.57 Å². The Bertz CT molecular complexity index is 910. The second-order valence-corrected chi connectivity index (χ2v) is 6.72. The number of rotatable bonds is 6. The maximum absolute atomic E-state index is 12.6. The number of methoxy groups -OCH3 is 2. The predicted octanol–water partition coefficient (Wildman–Crippen LogP) is 3.81. The number of halogens is 1. The fourth-order valence-electron chi connectivity index (χ4n) is 2.51. The molecule has 134 valence electrons. The molecule has 6 nitrogen and oxygen atoms in total. The number of nitrogens with zero attached hydrogens (tertiary/aromatic N) is 2. The average molecular weight is 463 g/mol. The highest BCUT2D eigenvalue weighted by Gasteiger charge is 2.16. The number of anilines is 1. The molecule has 3 rings (SSSR count). The van der Waals surface area contributed by atoms with Crippen molar-refractivity contribution in [3.8, 4) is 11.5 Å². The molecular weight excluding hydrogens is 445 g/mol. The van der Waals surface area contributed by atoms with Crippen LogP contribution >= 0.6 is 22.6 Å². The molecule has 0 atom stereocenters. The average Bonchev–Trinajstić information content (AvgIpc) is 3.08. The van der Waals surface area contributed by atoms with Gasteiger partial charge in [0, 0.05) is 9.77 Å². The lowest BCUT2D eigenvalue weighted by Crippen LogP contribution is -2.13. The fraction of sp³-hybridized carbons (Fsp3) is 0.158. The largest absolute Gasteiger partial charge is 0.493 e. The molecule has 0 saturated carbocycles. The van der Waals surface area contributed by atoms with E-state index in [1.807, 2.05) is 30.3 Å². The van der Waals surface area contributed by atoms with E-state index < -0.39 is 0 Å². The molecule has 1 heterocycles. The van der Waals surface area contributed by atoms with E-state index in [1.165, 1.54) is 0 Å². The molecule has 0 aliphatic rings. The van der Waals surface area contributed by atoms with Gasteiger partial charge in [-0.15, -0.1) is 0 Å². The lowest BCUT2D eigenvalue weighted by molar-refractivity contribution is 0.102. The number of carbonyl (C=O) groups excluding carboxylic acids is 1. The summed E-state index contributed by atoms with van der Waals surface area (Å²) in [4.78, 5) is 12.6. The number of hydrogen-bond acceptors (Lipinski definition) is 4. The van der Waals surface area contributed by atoms with E-state index in [9.17, 15) is 4.79 Å². The number of ether oxygens (including phenoxy) is 2. The maximum atomic E-state index is 12.6. The number of carbonyl (C=O) groups is 1. The van der Waals surface area contributed by atoms with Crippen molar-refractivity contribution >= 4 is 34.2 Å². The van der Waals surface area contributed by atoms with Gasteiger partial charge in [0.1, 0.15) is 0 Å². The Morgan fingerprint density at radius 1 is 1.15 bits per heavy atom. The Morgan fingerprint density at radius 3 is 2.54 bits per heavy atom. The highest BCUT2D eigenvalue weighted by Crippen LogP contribution is 2.31. The lowest BCUT2D eigenvalue weighted by Gasteiger charge is -2.11. The fourth-order valence-corrected chi connectivity index (χ4v) is 3.20. The van der Waals surface area contributed by atoms with Gasteiger partial charge in [-0.3, -0.25) is 9.48 Å². The van der Waals surface area contributed by atoms with Crippen LogP contribution in [0.2, 0.25) is 0 Å². The lowest BCUT2D eigenvalue weighted by atomic mass is 10.2. The summed E-state index contributed by atoms with van der Waals surface area (Å²) < 4.78 is 13.1. The van der Waals surface area contributed by atoms with Gasteiger partial charge < -0.3 is 14.8 Å². The molecule has 0 bridgehead atoms. The summed E-state index contributed by atoms with van der Waals surface area (Å²) in [6.07, 6.45) is 3.44. The minimum absolute atomic E-state index is 0.227. The van der Waals surface area contributed by atoms with E-state index in [2.05, 4.69) is 33.0 Å². The molecular formula is C19H18IN3O3. The van der Waals surface area contributed by atoms with E-state index >= 15 is 0 Å². The zero-order valence-corrected chi connectivity index (χ0v) is 16.6. The first-order valence-corrected chi connectivity index (χ1v) is 8.98. The highest BCUT2D eigenvalue weighted by molar-refractivity contribution is 14.1. The van der Waals surface area contributed by atoms with Gasteiger partial charge in [0.2, 0.25) is 0 Å². The summed E-state index contributed by atoms with van der Waals surface area (Å²) in [5, 5.41) is 7.17. The molecule has 7 heteroatoms. The van der Waals surface area contributed by atoms with E-state index in [1.54, 1.807) is 43.4 Å². The van der Waals surface area contributed by atoms with Crippen molar-refractivity contribution in [1.29, 1.82) is 0 Å². The Balaban J connectivity index is 1.74. The standard InChI is InChI=1S/C19H18IN3O3/c1-25-17-8-15(16(20)9-18(17)26-2)19(24)22-14-10-21-23(12-14)11-13-6-4-3-5-7-13/h3-10,12H,11H2,1-2H3,(H,22,24). The smallest absolute Gasteiger partial charge is 0.256 e. The van der Waals surface area contributed by atoms with Gasteiger partial charge in [-0.2, -0.15) is 5.10 Å². The highest BCUT2D eigenvalue weighted by atomic mass is 127. The number of hydrogen-bond donors (Lipinski definition) is 1. The molecule has 26 heavy (non-hydrogen) atoms. The van der Waals surface area contributed by atoms with E-state index in [4.69, 9.17) is 9.47 Å². The molecule has 0 radical (unpaired) electrons. The number of aromatic nitrogens is 2. The summed E-state index contributed by atoms with van der Waals surface area (Å²) in [5.41, 5.74) is 2.29. The van der Waals surface area contributed by atoms with E-state index in [-0.39, 0.29) is 5.91 Å². The first-order valence-electron chi connectivity index (χ1n) is 7.90. The van der Waals surface area contributed by atoms with Crippen LogP contribution in [0.5, 0.6) is 11.5 Å². The second-order valence-electron chi connectivity index (χ2n) is 5.55. The third kappa shape index (κ3) is 4.16. The van der Waals surface area contributed by atoms with Crippen LogP contribution in [0.4, 0.5) is 5.69 Å². The van der Waals surface area contributed by atoms with Crippen LogP contribution in [0.3, 0.4) is 0 Å². The topological polar surface area (TPSA) is 65.4 Å². The SMILES string of the molecule is COc1cc(I)c(C(=O)Nc2cnn(Cc3ccccc3)c2)cc1OC. The zero-order valence-electron chi connectivity index (χ0n) is 14.4. The quantitative estimate of drug-likeness (QED) is 0.565. The number of benzene rings is 2. The van der Waals surface area contributed by atoms with Crippen molar-refractivity contribution in [2.75, 3.05) is 19.5 Å². The molecule has 1 aromatic heterocycles. The van der Waals surface area contributed by atoms with Crippen molar-refractivity contribution in [2.24, 2.45) is 0 Å². The Morgan fingerprint density at radius 2 is 1.85 bits per heavy atom. The Kier molecular flexibility index (Phi) is 5.77. The van der Waals surface area contributed by atoms with Gasteiger partial charge in [-0.1, -0.05) is 30.3 Å². The molecule has 1 amide bonds. The van der Waals surface area contributed by atoms with Gasteiger partial charge in [0.25, 0.3) is 5.91 Å². The Hall–Kier alpha value is -2.55. The molecule has 1 N–H and O–H groups in total. The van der Waals surface area contributed by atoms with Gasteiger partial charge in [0.15, 0.2) is 11.5 Å². The predicted molar refractivity (Wildman–Crippen MR) is 108 cm³/mol. The molecule has 0 saturated heterocycles. The van der Waals surface area contributed by atoms with Crippen LogP contribution in [0.1, 0.15) is 15.9 Å². The van der Waals surface area contributed by atoms with Crippen molar-refractivity contribution < 1.29 is 14.3 Å². The summed E-state index contributed by atoms with van der Waals surface area (Å²) in [6.45, 7) is 0.643. The van der Waals surface area contributed by atoms with E-state index in [0.717, 1.165) is 9.13 Å². The number of amides is 1. The van der Waals surface area contributed by atoms with Crippen molar-refractivity contribution in [2.45, 2.75) is 6.54 Å². The summed E-state index contributed by atoms with van der Waals surface area (Å²) in [7, 11) is 3.11. The third-order valence-corrected chi connectivity index (χ3v) is 4.69. The van der Waals surface area contributed by atoms with Gasteiger partial charge in [0.05, 0.1) is 38.2 Å². The van der Waals surface area contributed by atoms with Gasteiger partial charge >= 0.3 is 0 Å². The van der Waals surface area contributed by atoms with Crippen LogP contribution in [-0.4, -0.2) is 29.9 Å². The molecule has 0 unspecified atom stereocenters. The minimum atomic E-state index is -0.227. The molecule has 0 aliphatic heterocycles. The van der Waals surface area contributed by atoms with Crippen molar-refractivity contribution in [3.63, 3.8) is 0 Å². The van der Waals surface area contributed by atoms with Crippen LogP contribution in [-0.2, 0) is 6.54 Å². The summed E-state index contributed by atoms with van der Waals surface area (Å²) in [5.74, 6) is 0.872. The van der Waals surface area contributed by atoms with Crippen LogP contribution < -0.4 is 14.8 Å². The monoisotopic (exact) mass is 463 g/mol. The first-order chi connectivity index (χ1) is 12.6. The number of nitrogens with one attached hydrogen (secondary N) is 1. The molecule has 2 aromatic carbocycles.